The van der Waals surface area contributed by atoms with Gasteiger partial charge in [-0.05, 0) is 52.7 Å². The van der Waals surface area contributed by atoms with Crippen molar-refractivity contribution in [2.24, 2.45) is 4.99 Å². The largest absolute Gasteiger partial charge is 0.287 e. The number of hydrogen-bond donors (Lipinski definition) is 0. The van der Waals surface area contributed by atoms with Crippen LogP contribution in [0, 0.1) is 0 Å². The van der Waals surface area contributed by atoms with E-state index in [2.05, 4.69) is 76.9 Å². The van der Waals surface area contributed by atoms with Crippen LogP contribution in [0.2, 0.25) is 0 Å². The number of allylic oxidation sites excluding steroid dienone is 4. The number of hydrogen-bond acceptors (Lipinski definition) is 1. The lowest BCUT2D eigenvalue weighted by molar-refractivity contribution is 0.586. The summed E-state index contributed by atoms with van der Waals surface area (Å²) in [5, 5.41) is 0. The van der Waals surface area contributed by atoms with E-state index in [9.17, 15) is 0 Å². The molecule has 0 radical (unpaired) electrons. The van der Waals surface area contributed by atoms with Crippen molar-refractivity contribution in [3.63, 3.8) is 0 Å². The van der Waals surface area contributed by atoms with Crippen molar-refractivity contribution in [3.05, 3.63) is 58.2 Å². The van der Waals surface area contributed by atoms with Crippen LogP contribution in [-0.4, -0.2) is 11.8 Å². The lowest BCUT2D eigenvalue weighted by Crippen LogP contribution is -2.11. The van der Waals surface area contributed by atoms with E-state index in [1.54, 1.807) is 0 Å². The van der Waals surface area contributed by atoms with E-state index in [1.165, 1.54) is 27.8 Å². The fourth-order valence-corrected chi connectivity index (χ4v) is 2.74. The highest BCUT2D eigenvalue weighted by atomic mass is 14.8. The van der Waals surface area contributed by atoms with E-state index in [-0.39, 0.29) is 5.54 Å². The molecule has 0 heterocycles. The van der Waals surface area contributed by atoms with Gasteiger partial charge in [0, 0.05) is 12.1 Å². The molecule has 0 fully saturated rings. The first-order valence-electron chi connectivity index (χ1n) is 7.29. The first-order valence-corrected chi connectivity index (χ1v) is 7.29. The Balaban J connectivity index is 2.44. The molecule has 1 atom stereocenters. The third-order valence-corrected chi connectivity index (χ3v) is 3.85. The molecule has 1 unspecified atom stereocenters. The van der Waals surface area contributed by atoms with Crippen molar-refractivity contribution in [1.82, 2.24) is 0 Å². The maximum absolute atomic E-state index is 4.67. The molecule has 1 aromatic carbocycles. The van der Waals surface area contributed by atoms with Gasteiger partial charge in [0.1, 0.15) is 0 Å². The van der Waals surface area contributed by atoms with E-state index < -0.39 is 0 Å². The molecule has 0 bridgehead atoms. The van der Waals surface area contributed by atoms with Gasteiger partial charge in [0.15, 0.2) is 0 Å². The molecule has 0 amide bonds. The highest BCUT2D eigenvalue weighted by Gasteiger charge is 2.23. The van der Waals surface area contributed by atoms with Crippen molar-refractivity contribution >= 4 is 6.21 Å². The highest BCUT2D eigenvalue weighted by Crippen LogP contribution is 2.40. The van der Waals surface area contributed by atoms with Crippen LogP contribution >= 0.6 is 0 Å². The van der Waals surface area contributed by atoms with Gasteiger partial charge in [-0.15, -0.1) is 0 Å². The molecule has 1 aliphatic rings. The molecule has 1 aromatic rings. The smallest absolute Gasteiger partial charge is 0.0524 e. The van der Waals surface area contributed by atoms with E-state index in [0.29, 0.717) is 5.92 Å². The van der Waals surface area contributed by atoms with Crippen LogP contribution < -0.4 is 0 Å². The zero-order valence-corrected chi connectivity index (χ0v) is 13.5. The van der Waals surface area contributed by atoms with Crippen molar-refractivity contribution in [3.8, 4) is 0 Å². The molecular formula is C19H25N. The zero-order valence-electron chi connectivity index (χ0n) is 13.5. The van der Waals surface area contributed by atoms with Crippen LogP contribution in [0.3, 0.4) is 0 Å². The summed E-state index contributed by atoms with van der Waals surface area (Å²) in [6, 6.07) is 8.61. The van der Waals surface area contributed by atoms with Gasteiger partial charge >= 0.3 is 0 Å². The Kier molecular flexibility index (Phi) is 3.99. The average Bonchev–Trinajstić information content (AvgIpc) is 2.60. The van der Waals surface area contributed by atoms with Crippen molar-refractivity contribution in [1.29, 1.82) is 0 Å². The highest BCUT2D eigenvalue weighted by molar-refractivity contribution is 5.83. The van der Waals surface area contributed by atoms with Gasteiger partial charge in [-0.2, -0.15) is 0 Å². The molecule has 1 heteroatoms. The first-order chi connectivity index (χ1) is 9.29. The molecule has 0 spiro atoms. The molecule has 20 heavy (non-hydrogen) atoms. The monoisotopic (exact) mass is 267 g/mol. The van der Waals surface area contributed by atoms with Gasteiger partial charge in [-0.25, -0.2) is 0 Å². The predicted molar refractivity (Wildman–Crippen MR) is 88.7 cm³/mol. The second kappa shape index (κ2) is 5.40. The number of nitrogens with zero attached hydrogens (tertiary/aromatic N) is 1. The Morgan fingerprint density at radius 1 is 1.05 bits per heavy atom. The Labute approximate surface area is 123 Å². The van der Waals surface area contributed by atoms with Crippen LogP contribution in [-0.2, 0) is 0 Å². The summed E-state index contributed by atoms with van der Waals surface area (Å²) < 4.78 is 0. The van der Waals surface area contributed by atoms with Gasteiger partial charge in [0.2, 0.25) is 0 Å². The molecule has 0 saturated heterocycles. The molecule has 0 aromatic heterocycles. The normalized spacial score (nSPS) is 19.9. The van der Waals surface area contributed by atoms with Gasteiger partial charge in [0.05, 0.1) is 5.54 Å². The molecule has 1 nitrogen and oxygen atoms in total. The summed E-state index contributed by atoms with van der Waals surface area (Å²) in [5.74, 6) is 0.414. The van der Waals surface area contributed by atoms with Crippen molar-refractivity contribution < 1.29 is 0 Å². The van der Waals surface area contributed by atoms with Gasteiger partial charge in [-0.3, -0.25) is 4.99 Å². The second-order valence-electron chi connectivity index (χ2n) is 6.75. The van der Waals surface area contributed by atoms with Crippen LogP contribution in [0.5, 0.6) is 0 Å². The standard InChI is InChI=1S/C19H25N/c1-13-11-14(2)18(15(13)3)17-10-8-7-9-16(17)12-20-19(4,5)6/h7-12,18H,1-6H3. The van der Waals surface area contributed by atoms with Crippen LogP contribution in [0.1, 0.15) is 58.6 Å². The molecule has 2 rings (SSSR count). The summed E-state index contributed by atoms with van der Waals surface area (Å²) in [6.45, 7) is 13.0. The number of aliphatic imine (C=N–C) groups is 1. The lowest BCUT2D eigenvalue weighted by Gasteiger charge is -2.19. The second-order valence-corrected chi connectivity index (χ2v) is 6.75. The summed E-state index contributed by atoms with van der Waals surface area (Å²) in [4.78, 5) is 4.67. The summed E-state index contributed by atoms with van der Waals surface area (Å²) >= 11 is 0. The van der Waals surface area contributed by atoms with Crippen LogP contribution in [0.25, 0.3) is 0 Å². The lowest BCUT2D eigenvalue weighted by atomic mass is 9.86. The minimum absolute atomic E-state index is 0.0333. The minimum Gasteiger partial charge on any atom is -0.287 e. The SMILES string of the molecule is CC1=CC(C)=C(C)C1c1ccccc1C=NC(C)(C)C. The Morgan fingerprint density at radius 3 is 2.25 bits per heavy atom. The van der Waals surface area contributed by atoms with Crippen LogP contribution in [0.4, 0.5) is 0 Å². The zero-order chi connectivity index (χ0) is 14.9. The molecule has 0 saturated carbocycles. The molecule has 0 N–H and O–H groups in total. The van der Waals surface area contributed by atoms with E-state index in [0.717, 1.165) is 0 Å². The number of rotatable bonds is 2. The third-order valence-electron chi connectivity index (χ3n) is 3.85. The Bertz CT molecular complexity index is 594. The minimum atomic E-state index is -0.0333. The molecule has 106 valence electrons. The maximum Gasteiger partial charge on any atom is 0.0524 e. The van der Waals surface area contributed by atoms with Crippen molar-refractivity contribution in [2.75, 3.05) is 0 Å². The molecule has 0 aliphatic heterocycles. The number of benzene rings is 1. The maximum atomic E-state index is 4.67. The van der Waals surface area contributed by atoms with E-state index in [4.69, 9.17) is 0 Å². The fourth-order valence-electron chi connectivity index (χ4n) is 2.74. The Hall–Kier alpha value is -1.63. The van der Waals surface area contributed by atoms with Gasteiger partial charge in [-0.1, -0.05) is 47.1 Å². The van der Waals surface area contributed by atoms with E-state index >= 15 is 0 Å². The Morgan fingerprint density at radius 2 is 1.70 bits per heavy atom. The third kappa shape index (κ3) is 3.09. The van der Waals surface area contributed by atoms with Gasteiger partial charge in [0.25, 0.3) is 0 Å². The molecular weight excluding hydrogens is 242 g/mol. The fraction of sp³-hybridized carbons (Fsp3) is 0.421. The molecule has 1 aliphatic carbocycles. The summed E-state index contributed by atoms with van der Waals surface area (Å²) in [7, 11) is 0. The predicted octanol–water partition coefficient (Wildman–Crippen LogP) is 5.28. The van der Waals surface area contributed by atoms with Gasteiger partial charge < -0.3 is 0 Å². The average molecular weight is 267 g/mol. The van der Waals surface area contributed by atoms with Crippen LogP contribution in [0.15, 0.2) is 52.1 Å². The first kappa shape index (κ1) is 14.8. The quantitative estimate of drug-likeness (QED) is 0.646. The summed E-state index contributed by atoms with van der Waals surface area (Å²) in [6.07, 6.45) is 4.33. The summed E-state index contributed by atoms with van der Waals surface area (Å²) in [5.41, 5.74) is 6.85. The topological polar surface area (TPSA) is 12.4 Å². The van der Waals surface area contributed by atoms with E-state index in [1.807, 2.05) is 6.21 Å². The van der Waals surface area contributed by atoms with Crippen molar-refractivity contribution in [2.45, 2.75) is 53.0 Å².